The van der Waals surface area contributed by atoms with E-state index < -0.39 is 0 Å². The van der Waals surface area contributed by atoms with Crippen LogP contribution >= 0.6 is 12.2 Å². The van der Waals surface area contributed by atoms with Crippen LogP contribution in [-0.4, -0.2) is 28.9 Å². The van der Waals surface area contributed by atoms with Crippen molar-refractivity contribution >= 4 is 23.1 Å². The van der Waals surface area contributed by atoms with Crippen molar-refractivity contribution in [2.45, 2.75) is 39.5 Å². The second kappa shape index (κ2) is 6.18. The number of carbonyl (C=O) groups is 1. The standard InChI is InChI=1S/C12H22N2OS/c1-3-14(8-9(2)12(13)16)11(15)7-10-5-4-6-10/h9-10H,3-8H2,1-2H3,(H2,13,16). The summed E-state index contributed by atoms with van der Waals surface area (Å²) in [6.45, 7) is 5.39. The minimum absolute atomic E-state index is 0.111. The lowest BCUT2D eigenvalue weighted by molar-refractivity contribution is -0.132. The van der Waals surface area contributed by atoms with Gasteiger partial charge in [0.2, 0.25) is 5.91 Å². The van der Waals surface area contributed by atoms with E-state index in [2.05, 4.69) is 0 Å². The van der Waals surface area contributed by atoms with E-state index in [1.54, 1.807) is 0 Å². The first-order valence-corrected chi connectivity index (χ1v) is 6.52. The van der Waals surface area contributed by atoms with Gasteiger partial charge in [0, 0.05) is 25.4 Å². The molecular formula is C12H22N2OS. The number of hydrogen-bond donors (Lipinski definition) is 1. The molecule has 1 atom stereocenters. The number of rotatable bonds is 6. The molecule has 2 N–H and O–H groups in total. The largest absolute Gasteiger partial charge is 0.393 e. The van der Waals surface area contributed by atoms with E-state index in [0.717, 1.165) is 6.54 Å². The molecule has 0 saturated heterocycles. The number of hydrogen-bond acceptors (Lipinski definition) is 2. The normalized spacial score (nSPS) is 17.6. The highest BCUT2D eigenvalue weighted by Crippen LogP contribution is 2.29. The van der Waals surface area contributed by atoms with Crippen molar-refractivity contribution in [3.63, 3.8) is 0 Å². The fraction of sp³-hybridized carbons (Fsp3) is 0.833. The Balaban J connectivity index is 2.39. The van der Waals surface area contributed by atoms with Gasteiger partial charge in [-0.25, -0.2) is 0 Å². The molecule has 92 valence electrons. The van der Waals surface area contributed by atoms with Crippen molar-refractivity contribution < 1.29 is 4.79 Å². The van der Waals surface area contributed by atoms with Gasteiger partial charge in [0.15, 0.2) is 0 Å². The molecule has 1 saturated carbocycles. The van der Waals surface area contributed by atoms with Crippen molar-refractivity contribution in [1.82, 2.24) is 4.90 Å². The van der Waals surface area contributed by atoms with Gasteiger partial charge in [0.05, 0.1) is 4.99 Å². The van der Waals surface area contributed by atoms with Crippen LogP contribution in [0.1, 0.15) is 39.5 Å². The number of amides is 1. The molecule has 1 unspecified atom stereocenters. The average Bonchev–Trinajstić information content (AvgIpc) is 2.18. The summed E-state index contributed by atoms with van der Waals surface area (Å²) in [6, 6.07) is 0. The maximum absolute atomic E-state index is 12.0. The Labute approximate surface area is 103 Å². The highest BCUT2D eigenvalue weighted by atomic mass is 32.1. The first-order chi connectivity index (χ1) is 7.54. The highest BCUT2D eigenvalue weighted by Gasteiger charge is 2.24. The summed E-state index contributed by atoms with van der Waals surface area (Å²) < 4.78 is 0. The molecule has 0 aliphatic heterocycles. The lowest BCUT2D eigenvalue weighted by Gasteiger charge is -2.29. The lowest BCUT2D eigenvalue weighted by Crippen LogP contribution is -2.39. The zero-order valence-electron chi connectivity index (χ0n) is 10.2. The SMILES string of the molecule is CCN(CC(C)C(N)=S)C(=O)CC1CCC1. The van der Waals surface area contributed by atoms with Crippen LogP contribution in [0.2, 0.25) is 0 Å². The Morgan fingerprint density at radius 1 is 1.56 bits per heavy atom. The van der Waals surface area contributed by atoms with Crippen LogP contribution in [0.3, 0.4) is 0 Å². The minimum atomic E-state index is 0.111. The van der Waals surface area contributed by atoms with Gasteiger partial charge in [-0.3, -0.25) is 4.79 Å². The highest BCUT2D eigenvalue weighted by molar-refractivity contribution is 7.80. The van der Waals surface area contributed by atoms with Gasteiger partial charge in [-0.15, -0.1) is 0 Å². The molecule has 0 heterocycles. The Morgan fingerprint density at radius 2 is 2.19 bits per heavy atom. The average molecular weight is 242 g/mol. The summed E-state index contributed by atoms with van der Waals surface area (Å²) in [5.41, 5.74) is 5.57. The van der Waals surface area contributed by atoms with E-state index in [0.29, 0.717) is 23.9 Å². The summed E-state index contributed by atoms with van der Waals surface area (Å²) in [4.78, 5) is 14.3. The molecule has 1 aliphatic carbocycles. The third kappa shape index (κ3) is 3.74. The topological polar surface area (TPSA) is 46.3 Å². The quantitative estimate of drug-likeness (QED) is 0.724. The van der Waals surface area contributed by atoms with Gasteiger partial charge in [0.25, 0.3) is 0 Å². The van der Waals surface area contributed by atoms with Crippen molar-refractivity contribution in [3.8, 4) is 0 Å². The monoisotopic (exact) mass is 242 g/mol. The molecule has 4 heteroatoms. The van der Waals surface area contributed by atoms with Gasteiger partial charge in [-0.2, -0.15) is 0 Å². The number of carbonyl (C=O) groups excluding carboxylic acids is 1. The molecule has 3 nitrogen and oxygen atoms in total. The van der Waals surface area contributed by atoms with Gasteiger partial charge < -0.3 is 10.6 Å². The molecule has 0 aromatic heterocycles. The number of thiocarbonyl (C=S) groups is 1. The summed E-state index contributed by atoms with van der Waals surface area (Å²) in [7, 11) is 0. The van der Waals surface area contributed by atoms with Gasteiger partial charge in [-0.05, 0) is 25.7 Å². The van der Waals surface area contributed by atoms with Crippen LogP contribution in [0, 0.1) is 11.8 Å². The number of nitrogens with two attached hydrogens (primary N) is 1. The van der Waals surface area contributed by atoms with Gasteiger partial charge in [0.1, 0.15) is 0 Å². The Hall–Kier alpha value is -0.640. The third-order valence-corrected chi connectivity index (χ3v) is 3.80. The zero-order valence-corrected chi connectivity index (χ0v) is 11.1. The molecule has 1 fully saturated rings. The fourth-order valence-corrected chi connectivity index (χ4v) is 1.98. The summed E-state index contributed by atoms with van der Waals surface area (Å²) in [5, 5.41) is 0. The maximum Gasteiger partial charge on any atom is 0.222 e. The molecule has 0 aromatic carbocycles. The predicted octanol–water partition coefficient (Wildman–Crippen LogP) is 1.95. The molecule has 0 spiro atoms. The van der Waals surface area contributed by atoms with E-state index in [4.69, 9.17) is 18.0 Å². The summed E-state index contributed by atoms with van der Waals surface area (Å²) >= 11 is 4.93. The summed E-state index contributed by atoms with van der Waals surface area (Å²) in [6.07, 6.45) is 4.42. The van der Waals surface area contributed by atoms with Crippen molar-refractivity contribution in [3.05, 3.63) is 0 Å². The van der Waals surface area contributed by atoms with E-state index >= 15 is 0 Å². The van der Waals surface area contributed by atoms with Crippen molar-refractivity contribution in [2.24, 2.45) is 17.6 Å². The Bertz CT molecular complexity index is 264. The van der Waals surface area contributed by atoms with Gasteiger partial charge >= 0.3 is 0 Å². The first-order valence-electron chi connectivity index (χ1n) is 6.11. The smallest absolute Gasteiger partial charge is 0.222 e. The Morgan fingerprint density at radius 3 is 2.56 bits per heavy atom. The molecule has 1 rings (SSSR count). The van der Waals surface area contributed by atoms with Crippen LogP contribution in [0.15, 0.2) is 0 Å². The van der Waals surface area contributed by atoms with Crippen LogP contribution in [0.25, 0.3) is 0 Å². The van der Waals surface area contributed by atoms with Crippen LogP contribution < -0.4 is 5.73 Å². The fourth-order valence-electron chi connectivity index (χ4n) is 1.90. The van der Waals surface area contributed by atoms with Crippen LogP contribution in [0.5, 0.6) is 0 Å². The van der Waals surface area contributed by atoms with Crippen molar-refractivity contribution in [1.29, 1.82) is 0 Å². The van der Waals surface area contributed by atoms with E-state index in [-0.39, 0.29) is 11.8 Å². The molecule has 1 amide bonds. The van der Waals surface area contributed by atoms with Crippen molar-refractivity contribution in [2.75, 3.05) is 13.1 Å². The molecule has 0 radical (unpaired) electrons. The molecule has 1 aliphatic rings. The van der Waals surface area contributed by atoms with Crippen LogP contribution in [0.4, 0.5) is 0 Å². The number of nitrogens with zero attached hydrogens (tertiary/aromatic N) is 1. The molecular weight excluding hydrogens is 220 g/mol. The lowest BCUT2D eigenvalue weighted by atomic mass is 9.82. The third-order valence-electron chi connectivity index (χ3n) is 3.40. The van der Waals surface area contributed by atoms with E-state index in [9.17, 15) is 4.79 Å². The molecule has 0 aromatic rings. The summed E-state index contributed by atoms with van der Waals surface area (Å²) in [5.74, 6) is 0.997. The predicted molar refractivity (Wildman–Crippen MR) is 70.2 cm³/mol. The minimum Gasteiger partial charge on any atom is -0.393 e. The maximum atomic E-state index is 12.0. The zero-order chi connectivity index (χ0) is 12.1. The van der Waals surface area contributed by atoms with E-state index in [1.165, 1.54) is 19.3 Å². The second-order valence-corrected chi connectivity index (χ2v) is 5.21. The van der Waals surface area contributed by atoms with Gasteiger partial charge in [-0.1, -0.05) is 25.6 Å². The Kier molecular flexibility index (Phi) is 5.19. The second-order valence-electron chi connectivity index (χ2n) is 4.74. The first kappa shape index (κ1) is 13.4. The van der Waals surface area contributed by atoms with E-state index in [1.807, 2.05) is 18.7 Å². The van der Waals surface area contributed by atoms with Crippen LogP contribution in [-0.2, 0) is 4.79 Å². The molecule has 16 heavy (non-hydrogen) atoms. The molecule has 0 bridgehead atoms.